The van der Waals surface area contributed by atoms with Crippen LogP contribution in [0, 0.1) is 29.6 Å². The molecular weight excluding hydrogens is 425 g/mol. The van der Waals surface area contributed by atoms with E-state index in [1.54, 1.807) is 24.3 Å². The van der Waals surface area contributed by atoms with Gasteiger partial charge in [0.1, 0.15) is 0 Å². The molecule has 31 heavy (non-hydrogen) atoms. The fraction of sp³-hybridized carbons (Fsp3) is 0.0769. The molecule has 4 aromatic rings. The van der Waals surface area contributed by atoms with Gasteiger partial charge in [0, 0.05) is 28.7 Å². The maximum absolute atomic E-state index is 9.83. The summed E-state index contributed by atoms with van der Waals surface area (Å²) in [5.74, 6) is 0. The number of fused-ring (bicyclic) bond motifs is 1. The Morgan fingerprint density at radius 1 is 0.968 bits per heavy atom. The highest BCUT2D eigenvalue weighted by atomic mass is 35.5. The topological polar surface area (TPSA) is 52.5 Å². The number of para-hydroxylation sites is 1. The summed E-state index contributed by atoms with van der Waals surface area (Å²) in [7, 11) is 0. The van der Waals surface area contributed by atoms with Crippen LogP contribution in [-0.2, 0) is 6.54 Å². The van der Waals surface area contributed by atoms with Crippen molar-refractivity contribution in [1.29, 1.82) is 10.5 Å². The van der Waals surface area contributed by atoms with Crippen LogP contribution in [0.1, 0.15) is 27.9 Å². The predicted molar refractivity (Wildman–Crippen MR) is 127 cm³/mol. The van der Waals surface area contributed by atoms with Gasteiger partial charge in [-0.25, -0.2) is 0 Å². The van der Waals surface area contributed by atoms with Crippen LogP contribution in [0.2, 0.25) is 10.0 Å². The lowest BCUT2D eigenvalue weighted by Gasteiger charge is -2.10. The molecule has 0 bridgehead atoms. The quantitative estimate of drug-likeness (QED) is 0.313. The lowest BCUT2D eigenvalue weighted by atomic mass is 10.0. The third kappa shape index (κ3) is 4.07. The first-order chi connectivity index (χ1) is 15.0. The number of benzene rings is 3. The molecule has 4 rings (SSSR count). The fourth-order valence-corrected chi connectivity index (χ4v) is 4.07. The van der Waals surface area contributed by atoms with Crippen molar-refractivity contribution in [2.45, 2.75) is 13.5 Å². The van der Waals surface area contributed by atoms with Gasteiger partial charge in [0.15, 0.2) is 0 Å². The van der Waals surface area contributed by atoms with Gasteiger partial charge in [-0.1, -0.05) is 59.6 Å². The number of halogens is 2. The normalized spacial score (nSPS) is 11.3. The molecule has 0 N–H and O–H groups in total. The Balaban J connectivity index is 1.86. The van der Waals surface area contributed by atoms with Gasteiger partial charge in [0.2, 0.25) is 0 Å². The van der Waals surface area contributed by atoms with Crippen molar-refractivity contribution in [2.75, 3.05) is 0 Å². The zero-order valence-electron chi connectivity index (χ0n) is 16.7. The summed E-state index contributed by atoms with van der Waals surface area (Å²) in [4.78, 5) is 0. The molecule has 1 heterocycles. The maximum atomic E-state index is 9.83. The first-order valence-corrected chi connectivity index (χ1v) is 10.4. The van der Waals surface area contributed by atoms with Crippen LogP contribution in [0.25, 0.3) is 22.6 Å². The Bertz CT molecular complexity index is 1420. The largest absolute Gasteiger partial charge is 0.340 e. The highest BCUT2D eigenvalue weighted by Crippen LogP contribution is 2.31. The molecule has 0 aliphatic carbocycles. The fourth-order valence-electron chi connectivity index (χ4n) is 3.75. The standard InChI is InChI=1S/C26H17Cl2N3/c1-17-23(13-21(15-30)20-6-4-5-18(11-20)14-29)22-7-2-3-8-26(22)31(17)16-19-9-10-24(27)25(28)12-19/h2-13H,16H2,1H3/b21-13+. The summed E-state index contributed by atoms with van der Waals surface area (Å²) >= 11 is 12.3. The Hall–Kier alpha value is -3.50. The van der Waals surface area contributed by atoms with E-state index in [-0.39, 0.29) is 0 Å². The van der Waals surface area contributed by atoms with Gasteiger partial charge in [-0.2, -0.15) is 10.5 Å². The van der Waals surface area contributed by atoms with Gasteiger partial charge in [-0.3, -0.25) is 0 Å². The molecular formula is C26H17Cl2N3. The molecule has 0 aliphatic rings. The van der Waals surface area contributed by atoms with Gasteiger partial charge >= 0.3 is 0 Å². The highest BCUT2D eigenvalue weighted by molar-refractivity contribution is 6.42. The van der Waals surface area contributed by atoms with Gasteiger partial charge in [0.05, 0.1) is 33.3 Å². The van der Waals surface area contributed by atoms with E-state index in [9.17, 15) is 10.5 Å². The van der Waals surface area contributed by atoms with Crippen molar-refractivity contribution in [3.8, 4) is 12.1 Å². The summed E-state index contributed by atoms with van der Waals surface area (Å²) in [6.07, 6.45) is 1.90. The Labute approximate surface area is 191 Å². The minimum atomic E-state index is 0.512. The molecule has 1 aromatic heterocycles. The number of nitrogens with zero attached hydrogens (tertiary/aromatic N) is 3. The second-order valence-electron chi connectivity index (χ2n) is 7.21. The molecule has 0 atom stereocenters. The summed E-state index contributed by atoms with van der Waals surface area (Å²) < 4.78 is 2.21. The molecule has 0 radical (unpaired) electrons. The molecule has 150 valence electrons. The van der Waals surface area contributed by atoms with Gasteiger partial charge in [0.25, 0.3) is 0 Å². The number of nitriles is 2. The molecule has 0 spiro atoms. The molecule has 0 saturated carbocycles. The van der Waals surface area contributed by atoms with Crippen LogP contribution >= 0.6 is 23.2 Å². The maximum Gasteiger partial charge on any atom is 0.0998 e. The third-order valence-electron chi connectivity index (χ3n) is 5.32. The summed E-state index contributed by atoms with van der Waals surface area (Å²) in [5.41, 5.74) is 5.89. The smallest absolute Gasteiger partial charge is 0.0998 e. The molecule has 0 unspecified atom stereocenters. The van der Waals surface area contributed by atoms with Gasteiger partial charge < -0.3 is 4.57 Å². The van der Waals surface area contributed by atoms with Crippen LogP contribution in [-0.4, -0.2) is 4.57 Å². The second-order valence-corrected chi connectivity index (χ2v) is 8.03. The van der Waals surface area contributed by atoms with Crippen LogP contribution in [0.15, 0.2) is 66.7 Å². The number of hydrogen-bond donors (Lipinski definition) is 0. The molecule has 0 amide bonds. The molecule has 0 fully saturated rings. The number of rotatable bonds is 4. The Morgan fingerprint density at radius 2 is 1.77 bits per heavy atom. The first-order valence-electron chi connectivity index (χ1n) is 9.66. The average molecular weight is 442 g/mol. The zero-order chi connectivity index (χ0) is 22.0. The van der Waals surface area contributed by atoms with E-state index in [0.717, 1.165) is 33.3 Å². The SMILES string of the molecule is Cc1c(/C=C(\C#N)c2cccc(C#N)c2)c2ccccc2n1Cc1ccc(Cl)c(Cl)c1. The number of aromatic nitrogens is 1. The van der Waals surface area contributed by atoms with E-state index >= 15 is 0 Å². The minimum Gasteiger partial charge on any atom is -0.340 e. The van der Waals surface area contributed by atoms with Crippen molar-refractivity contribution in [3.05, 3.63) is 105 Å². The van der Waals surface area contributed by atoms with Crippen molar-refractivity contribution >= 4 is 45.8 Å². The minimum absolute atomic E-state index is 0.512. The Kier molecular flexibility index (Phi) is 5.83. The van der Waals surface area contributed by atoms with E-state index in [1.807, 2.05) is 43.3 Å². The highest BCUT2D eigenvalue weighted by Gasteiger charge is 2.14. The van der Waals surface area contributed by atoms with E-state index in [4.69, 9.17) is 23.2 Å². The summed E-state index contributed by atoms with van der Waals surface area (Å²) in [5, 5.41) is 21.1. The summed E-state index contributed by atoms with van der Waals surface area (Å²) in [6.45, 7) is 2.67. The van der Waals surface area contributed by atoms with E-state index in [0.29, 0.717) is 27.7 Å². The molecule has 5 heteroatoms. The molecule has 0 saturated heterocycles. The molecule has 3 aromatic carbocycles. The zero-order valence-corrected chi connectivity index (χ0v) is 18.2. The predicted octanol–water partition coefficient (Wildman–Crippen LogP) is 7.24. The van der Waals surface area contributed by atoms with E-state index < -0.39 is 0 Å². The van der Waals surface area contributed by atoms with Crippen molar-refractivity contribution in [1.82, 2.24) is 4.57 Å². The monoisotopic (exact) mass is 441 g/mol. The third-order valence-corrected chi connectivity index (χ3v) is 6.06. The van der Waals surface area contributed by atoms with Crippen LogP contribution in [0.4, 0.5) is 0 Å². The van der Waals surface area contributed by atoms with Gasteiger partial charge in [-0.05, 0) is 54.5 Å². The van der Waals surface area contributed by atoms with Crippen LogP contribution < -0.4 is 0 Å². The lowest BCUT2D eigenvalue weighted by Crippen LogP contribution is -2.02. The van der Waals surface area contributed by atoms with Gasteiger partial charge in [-0.15, -0.1) is 0 Å². The van der Waals surface area contributed by atoms with Crippen LogP contribution in [0.5, 0.6) is 0 Å². The van der Waals surface area contributed by atoms with Crippen molar-refractivity contribution in [3.63, 3.8) is 0 Å². The van der Waals surface area contributed by atoms with E-state index in [1.165, 1.54) is 0 Å². The van der Waals surface area contributed by atoms with Crippen molar-refractivity contribution in [2.24, 2.45) is 0 Å². The van der Waals surface area contributed by atoms with Crippen LogP contribution in [0.3, 0.4) is 0 Å². The molecule has 0 aliphatic heterocycles. The lowest BCUT2D eigenvalue weighted by molar-refractivity contribution is 0.804. The first kappa shape index (κ1) is 20.8. The molecule has 3 nitrogen and oxygen atoms in total. The average Bonchev–Trinajstić information content (AvgIpc) is 3.05. The second kappa shape index (κ2) is 8.70. The van der Waals surface area contributed by atoms with E-state index in [2.05, 4.69) is 28.8 Å². The summed E-state index contributed by atoms with van der Waals surface area (Å²) in [6, 6.07) is 25.3. The Morgan fingerprint density at radius 3 is 2.52 bits per heavy atom. The van der Waals surface area contributed by atoms with Crippen molar-refractivity contribution < 1.29 is 0 Å². The number of allylic oxidation sites excluding steroid dienone is 1. The number of hydrogen-bond acceptors (Lipinski definition) is 2.